The molecule has 2 fully saturated rings. The molecule has 2 aliphatic rings. The molecule has 1 unspecified atom stereocenters. The first-order valence-corrected chi connectivity index (χ1v) is 14.1. The lowest BCUT2D eigenvalue weighted by Gasteiger charge is -2.29. The van der Waals surface area contributed by atoms with Gasteiger partial charge in [0.2, 0.25) is 0 Å². The molecule has 0 spiro atoms. The maximum absolute atomic E-state index is 13.5. The van der Waals surface area contributed by atoms with Gasteiger partial charge in [-0.05, 0) is 61.2 Å². The monoisotopic (exact) mass is 564 g/mol. The van der Waals surface area contributed by atoms with Crippen LogP contribution in [-0.4, -0.2) is 86.3 Å². The number of ketones is 1. The van der Waals surface area contributed by atoms with Gasteiger partial charge in [0.05, 0.1) is 38.5 Å². The largest absolute Gasteiger partial charge is 0.507 e. The normalized spacial score (nSPS) is 18.9. The van der Waals surface area contributed by atoms with Crippen LogP contribution in [0.4, 0.5) is 0 Å². The predicted molar refractivity (Wildman–Crippen MR) is 157 cm³/mol. The van der Waals surface area contributed by atoms with Crippen molar-refractivity contribution >= 4 is 17.4 Å². The number of Topliss-reactive ketones (excluding diaryl/α,β-unsaturated/α-hetero) is 1. The van der Waals surface area contributed by atoms with Gasteiger partial charge in [0, 0.05) is 31.7 Å². The Morgan fingerprint density at radius 2 is 1.88 bits per heavy atom. The van der Waals surface area contributed by atoms with Gasteiger partial charge in [-0.3, -0.25) is 14.5 Å². The number of likely N-dealkylation sites (tertiary alicyclic amines) is 1. The van der Waals surface area contributed by atoms with E-state index in [9.17, 15) is 14.7 Å². The van der Waals surface area contributed by atoms with Gasteiger partial charge in [0.1, 0.15) is 18.1 Å². The van der Waals surface area contributed by atoms with E-state index in [1.165, 1.54) is 7.11 Å². The number of carbonyl (C=O) groups excluding carboxylic acids is 2. The van der Waals surface area contributed by atoms with Crippen LogP contribution in [0.5, 0.6) is 17.2 Å². The molecule has 2 saturated heterocycles. The van der Waals surface area contributed by atoms with Gasteiger partial charge in [-0.15, -0.1) is 0 Å². The SMILES string of the molecule is C=CCOc1ccc(C2/C(=C(\O)c3ccc(OCCC)cc3C)C(=O)C(=O)N2CCCN2CCOCC2)cc1OC. The number of carbonyl (C=O) groups is 2. The second-order valence-electron chi connectivity index (χ2n) is 10.1. The predicted octanol–water partition coefficient (Wildman–Crippen LogP) is 4.50. The third-order valence-corrected chi connectivity index (χ3v) is 7.30. The Balaban J connectivity index is 1.73. The quantitative estimate of drug-likeness (QED) is 0.164. The van der Waals surface area contributed by atoms with Gasteiger partial charge in [0.25, 0.3) is 11.7 Å². The van der Waals surface area contributed by atoms with Crippen molar-refractivity contribution < 1.29 is 33.6 Å². The first-order valence-electron chi connectivity index (χ1n) is 14.1. The molecule has 0 aliphatic carbocycles. The van der Waals surface area contributed by atoms with Gasteiger partial charge >= 0.3 is 0 Å². The number of aliphatic hydroxyl groups excluding tert-OH is 1. The summed E-state index contributed by atoms with van der Waals surface area (Å²) in [7, 11) is 1.53. The number of aryl methyl sites for hydroxylation is 1. The Morgan fingerprint density at radius 1 is 1.10 bits per heavy atom. The Kier molecular flexibility index (Phi) is 10.4. The number of hydrogen-bond donors (Lipinski definition) is 1. The molecule has 0 saturated carbocycles. The van der Waals surface area contributed by atoms with Crippen molar-refractivity contribution in [3.63, 3.8) is 0 Å². The van der Waals surface area contributed by atoms with E-state index in [1.807, 2.05) is 19.9 Å². The Morgan fingerprint density at radius 3 is 2.56 bits per heavy atom. The van der Waals surface area contributed by atoms with Gasteiger partial charge in [-0.2, -0.15) is 0 Å². The minimum atomic E-state index is -0.794. The van der Waals surface area contributed by atoms with E-state index in [2.05, 4.69) is 11.5 Å². The zero-order valence-electron chi connectivity index (χ0n) is 24.2. The van der Waals surface area contributed by atoms with Crippen LogP contribution in [0.15, 0.2) is 54.6 Å². The van der Waals surface area contributed by atoms with Crippen molar-refractivity contribution in [2.24, 2.45) is 0 Å². The number of benzene rings is 2. The summed E-state index contributed by atoms with van der Waals surface area (Å²) in [5, 5.41) is 11.6. The second-order valence-corrected chi connectivity index (χ2v) is 10.1. The van der Waals surface area contributed by atoms with Crippen LogP contribution < -0.4 is 14.2 Å². The highest BCUT2D eigenvalue weighted by Crippen LogP contribution is 2.42. The first-order chi connectivity index (χ1) is 19.9. The number of rotatable bonds is 13. The third-order valence-electron chi connectivity index (χ3n) is 7.30. The minimum absolute atomic E-state index is 0.0495. The first kappa shape index (κ1) is 30.1. The molecule has 2 heterocycles. The Hall–Kier alpha value is -3.82. The van der Waals surface area contributed by atoms with Crippen molar-refractivity contribution in [2.75, 3.05) is 59.7 Å². The average Bonchev–Trinajstić information content (AvgIpc) is 3.24. The molecule has 1 amide bonds. The molecule has 9 heteroatoms. The van der Waals surface area contributed by atoms with E-state index < -0.39 is 17.7 Å². The van der Waals surface area contributed by atoms with Crippen LogP contribution in [0.25, 0.3) is 5.76 Å². The zero-order valence-corrected chi connectivity index (χ0v) is 24.2. The molecule has 2 aliphatic heterocycles. The molecule has 0 radical (unpaired) electrons. The zero-order chi connectivity index (χ0) is 29.4. The lowest BCUT2D eigenvalue weighted by molar-refractivity contribution is -0.140. The Labute approximate surface area is 241 Å². The van der Waals surface area contributed by atoms with Crippen LogP contribution >= 0.6 is 0 Å². The fraction of sp³-hybridized carbons (Fsp3) is 0.438. The molecule has 41 heavy (non-hydrogen) atoms. The molecular formula is C32H40N2O7. The summed E-state index contributed by atoms with van der Waals surface area (Å²) >= 11 is 0. The van der Waals surface area contributed by atoms with Crippen LogP contribution in [0.3, 0.4) is 0 Å². The number of aliphatic hydroxyl groups is 1. The highest BCUT2D eigenvalue weighted by Gasteiger charge is 2.46. The van der Waals surface area contributed by atoms with E-state index in [1.54, 1.807) is 41.3 Å². The lowest BCUT2D eigenvalue weighted by Crippen LogP contribution is -2.39. The highest BCUT2D eigenvalue weighted by atomic mass is 16.5. The van der Waals surface area contributed by atoms with Gasteiger partial charge in [-0.1, -0.05) is 25.6 Å². The molecule has 1 N–H and O–H groups in total. The molecule has 0 bridgehead atoms. The molecule has 2 aromatic rings. The molecule has 1 atom stereocenters. The van der Waals surface area contributed by atoms with Crippen molar-refractivity contribution in [2.45, 2.75) is 32.7 Å². The van der Waals surface area contributed by atoms with E-state index in [-0.39, 0.29) is 11.3 Å². The summed E-state index contributed by atoms with van der Waals surface area (Å²) in [5.41, 5.74) is 1.90. The van der Waals surface area contributed by atoms with Crippen molar-refractivity contribution in [3.8, 4) is 17.2 Å². The number of hydrogen-bond acceptors (Lipinski definition) is 8. The third kappa shape index (κ3) is 6.92. The Bertz CT molecular complexity index is 1280. The number of nitrogens with zero attached hydrogens (tertiary/aromatic N) is 2. The van der Waals surface area contributed by atoms with Crippen molar-refractivity contribution in [1.29, 1.82) is 0 Å². The topological polar surface area (TPSA) is 97.8 Å². The van der Waals surface area contributed by atoms with E-state index in [4.69, 9.17) is 18.9 Å². The van der Waals surface area contributed by atoms with Crippen LogP contribution in [0.2, 0.25) is 0 Å². The summed E-state index contributed by atoms with van der Waals surface area (Å²) in [4.78, 5) is 30.8. The minimum Gasteiger partial charge on any atom is -0.507 e. The van der Waals surface area contributed by atoms with Gasteiger partial charge in [-0.25, -0.2) is 0 Å². The van der Waals surface area contributed by atoms with Crippen LogP contribution in [0.1, 0.15) is 42.5 Å². The van der Waals surface area contributed by atoms with E-state index in [0.717, 1.165) is 31.6 Å². The van der Waals surface area contributed by atoms with Gasteiger partial charge < -0.3 is 29.0 Å². The van der Waals surface area contributed by atoms with E-state index >= 15 is 0 Å². The van der Waals surface area contributed by atoms with Crippen LogP contribution in [0, 0.1) is 6.92 Å². The summed E-state index contributed by atoms with van der Waals surface area (Å²) in [6.07, 6.45) is 3.18. The maximum atomic E-state index is 13.5. The molecule has 2 aromatic carbocycles. The van der Waals surface area contributed by atoms with Crippen LogP contribution in [-0.2, 0) is 14.3 Å². The summed E-state index contributed by atoms with van der Waals surface area (Å²) in [6.45, 7) is 12.6. The average molecular weight is 565 g/mol. The number of morpholine rings is 1. The standard InChI is InChI=1S/C32H40N2O7/c1-5-16-40-24-9-10-25(22(3)20-24)30(35)28-29(23-8-11-26(41-17-6-2)27(21-23)38-4)34(32(37)31(28)36)13-7-12-33-14-18-39-19-15-33/h6,8-11,20-21,29,35H,2,5,7,12-19H2,1,3-4H3/b30-28+. The fourth-order valence-corrected chi connectivity index (χ4v) is 5.23. The smallest absolute Gasteiger partial charge is 0.295 e. The second kappa shape index (κ2) is 14.2. The lowest BCUT2D eigenvalue weighted by atomic mass is 9.93. The number of methoxy groups -OCH3 is 1. The summed E-state index contributed by atoms with van der Waals surface area (Å²) in [6, 6.07) is 9.83. The maximum Gasteiger partial charge on any atom is 0.295 e. The molecule has 4 rings (SSSR count). The number of ether oxygens (including phenoxy) is 4. The van der Waals surface area contributed by atoms with E-state index in [0.29, 0.717) is 67.8 Å². The highest BCUT2D eigenvalue weighted by molar-refractivity contribution is 6.46. The van der Waals surface area contributed by atoms with Crippen molar-refractivity contribution in [3.05, 3.63) is 71.3 Å². The summed E-state index contributed by atoms with van der Waals surface area (Å²) < 4.78 is 22.5. The van der Waals surface area contributed by atoms with Crippen molar-refractivity contribution in [1.82, 2.24) is 9.80 Å². The molecule has 220 valence electrons. The fourth-order valence-electron chi connectivity index (χ4n) is 5.23. The number of amides is 1. The molecular weight excluding hydrogens is 524 g/mol. The summed E-state index contributed by atoms with van der Waals surface area (Å²) in [5.74, 6) is 0.0896. The van der Waals surface area contributed by atoms with Gasteiger partial charge in [0.15, 0.2) is 11.5 Å². The molecule has 0 aromatic heterocycles. The molecule has 9 nitrogen and oxygen atoms in total.